The minimum Gasteiger partial charge on any atom is -0.468 e. The average molecular weight is 729 g/mol. The maximum Gasteiger partial charge on any atom is 0.134 e. The number of thiophene rings is 2. The molecule has 0 amide bonds. The van der Waals surface area contributed by atoms with Gasteiger partial charge in [0.1, 0.15) is 11.3 Å². The molecule has 0 radical (unpaired) electrons. The van der Waals surface area contributed by atoms with Crippen LogP contribution in [0.2, 0.25) is 0 Å². The van der Waals surface area contributed by atoms with Crippen LogP contribution in [-0.2, 0) is 21.7 Å². The minimum absolute atomic E-state index is 0.0864. The van der Waals surface area contributed by atoms with Crippen LogP contribution in [0.1, 0.15) is 105 Å². The van der Waals surface area contributed by atoms with Crippen LogP contribution < -0.4 is 0 Å². The van der Waals surface area contributed by atoms with Crippen LogP contribution in [0, 0.1) is 0 Å². The summed E-state index contributed by atoms with van der Waals surface area (Å²) in [5.74, 6) is 1.07. The Morgan fingerprint density at radius 2 is 0.942 bits per heavy atom. The van der Waals surface area contributed by atoms with E-state index in [9.17, 15) is 0 Å². The van der Waals surface area contributed by atoms with Crippen LogP contribution in [0.3, 0.4) is 0 Å². The lowest BCUT2D eigenvalue weighted by Crippen LogP contribution is -2.09. The Labute approximate surface area is 319 Å². The summed E-state index contributed by atoms with van der Waals surface area (Å²) in [4.78, 5) is 1.49. The van der Waals surface area contributed by atoms with Crippen LogP contribution >= 0.6 is 22.7 Å². The Morgan fingerprint density at radius 1 is 0.404 bits per heavy atom. The second-order valence-electron chi connectivity index (χ2n) is 17.6. The quantitative estimate of drug-likeness (QED) is 0.155. The van der Waals surface area contributed by atoms with Gasteiger partial charge in [-0.15, -0.1) is 22.7 Å². The van der Waals surface area contributed by atoms with E-state index in [0.717, 1.165) is 11.3 Å². The highest BCUT2D eigenvalue weighted by Gasteiger charge is 2.21. The SMILES string of the molecule is CC(C)(C)c1coc2ccccc12.CC(C)(C)c1csc2ccccc12.CC(C)(C)c1occ2ccccc12.CC(C)(C)c1scc2ccccc12. The summed E-state index contributed by atoms with van der Waals surface area (Å²) in [7, 11) is 0. The first-order valence-corrected chi connectivity index (χ1v) is 20.0. The van der Waals surface area contributed by atoms with E-state index < -0.39 is 0 Å². The molecule has 0 aliphatic carbocycles. The van der Waals surface area contributed by atoms with Gasteiger partial charge in [0.25, 0.3) is 0 Å². The molecule has 0 unspecified atom stereocenters. The van der Waals surface area contributed by atoms with E-state index in [0.29, 0.717) is 0 Å². The van der Waals surface area contributed by atoms with Gasteiger partial charge in [-0.05, 0) is 60.9 Å². The fourth-order valence-corrected chi connectivity index (χ4v) is 8.57. The summed E-state index contributed by atoms with van der Waals surface area (Å²) < 4.78 is 12.5. The highest BCUT2D eigenvalue weighted by Crippen LogP contribution is 2.36. The maximum atomic E-state index is 5.58. The first kappa shape index (κ1) is 39.1. The van der Waals surface area contributed by atoms with Crippen LogP contribution in [0.4, 0.5) is 0 Å². The molecule has 0 bridgehead atoms. The summed E-state index contributed by atoms with van der Waals surface area (Å²) in [5.41, 5.74) is 4.51. The zero-order valence-electron chi connectivity index (χ0n) is 33.2. The Bertz CT molecular complexity index is 2010. The molecule has 2 nitrogen and oxygen atoms in total. The summed E-state index contributed by atoms with van der Waals surface area (Å²) >= 11 is 3.71. The van der Waals surface area contributed by atoms with Crippen molar-refractivity contribution in [3.05, 3.63) is 142 Å². The second-order valence-corrected chi connectivity index (χ2v) is 19.4. The van der Waals surface area contributed by atoms with Gasteiger partial charge in [-0.1, -0.05) is 168 Å². The molecule has 0 saturated carbocycles. The molecule has 8 rings (SSSR count). The molecule has 4 heteroatoms. The average Bonchev–Trinajstić information content (AvgIpc) is 3.88. The van der Waals surface area contributed by atoms with Crippen LogP contribution in [0.25, 0.3) is 42.6 Å². The van der Waals surface area contributed by atoms with E-state index in [1.165, 1.54) is 53.0 Å². The molecule has 0 saturated heterocycles. The van der Waals surface area contributed by atoms with Gasteiger partial charge in [0.05, 0.1) is 12.5 Å². The van der Waals surface area contributed by atoms with E-state index >= 15 is 0 Å². The molecule has 0 aliphatic heterocycles. The summed E-state index contributed by atoms with van der Waals surface area (Å²) in [6, 6.07) is 33.7. The number of hydrogen-bond acceptors (Lipinski definition) is 4. The van der Waals surface area contributed by atoms with Crippen molar-refractivity contribution in [2.45, 2.75) is 105 Å². The number of para-hydroxylation sites is 1. The van der Waals surface area contributed by atoms with Crippen molar-refractivity contribution in [3.8, 4) is 0 Å². The van der Waals surface area contributed by atoms with Gasteiger partial charge in [-0.2, -0.15) is 0 Å². The Hall–Kier alpha value is -4.12. The lowest BCUT2D eigenvalue weighted by molar-refractivity contribution is 0.415. The summed E-state index contributed by atoms with van der Waals surface area (Å²) in [5, 5.41) is 12.4. The van der Waals surface area contributed by atoms with Gasteiger partial charge < -0.3 is 8.83 Å². The smallest absolute Gasteiger partial charge is 0.134 e. The third kappa shape index (κ3) is 9.26. The third-order valence-corrected chi connectivity index (χ3v) is 11.4. The lowest BCUT2D eigenvalue weighted by Gasteiger charge is -2.17. The fraction of sp³-hybridized carbons (Fsp3) is 0.333. The first-order valence-electron chi connectivity index (χ1n) is 18.2. The third-order valence-electron chi connectivity index (χ3n) is 8.96. The van der Waals surface area contributed by atoms with Gasteiger partial charge in [0.15, 0.2) is 0 Å². The number of fused-ring (bicyclic) bond motifs is 4. The molecule has 0 N–H and O–H groups in total. The highest BCUT2D eigenvalue weighted by molar-refractivity contribution is 7.17. The fourth-order valence-electron chi connectivity index (χ4n) is 6.26. The van der Waals surface area contributed by atoms with Crippen molar-refractivity contribution in [1.82, 2.24) is 0 Å². The zero-order chi connectivity index (χ0) is 37.9. The van der Waals surface area contributed by atoms with Crippen molar-refractivity contribution >= 4 is 65.3 Å². The van der Waals surface area contributed by atoms with E-state index in [1.807, 2.05) is 65.5 Å². The van der Waals surface area contributed by atoms with Gasteiger partial charge in [0, 0.05) is 36.7 Å². The number of rotatable bonds is 0. The number of benzene rings is 4. The van der Waals surface area contributed by atoms with Gasteiger partial charge in [-0.3, -0.25) is 0 Å². The standard InChI is InChI=1S/2C12H14O.2C12H14S/c1-12(2,3)10-8-13-11-7-5-4-6-9(10)11;1-12(2,3)11-10-7-5-4-6-9(10)8-13-11;1-12(2,3)10-8-13-11-7-5-4-6-9(10)11;1-12(2,3)11-10-7-5-4-6-9(10)8-13-11/h4*4-8H,1-3H3. The van der Waals surface area contributed by atoms with Crippen molar-refractivity contribution in [2.24, 2.45) is 0 Å². The van der Waals surface area contributed by atoms with Gasteiger partial charge in [-0.25, -0.2) is 0 Å². The summed E-state index contributed by atoms with van der Waals surface area (Å²) in [6.45, 7) is 26.7. The molecule has 4 heterocycles. The number of furan rings is 2. The monoisotopic (exact) mass is 728 g/mol. The Kier molecular flexibility index (Phi) is 11.6. The maximum absolute atomic E-state index is 5.58. The molecule has 272 valence electrons. The molecule has 8 aromatic rings. The van der Waals surface area contributed by atoms with Crippen LogP contribution in [0.5, 0.6) is 0 Å². The normalized spacial score (nSPS) is 12.2. The first-order chi connectivity index (χ1) is 24.4. The van der Waals surface area contributed by atoms with Gasteiger partial charge in [0.2, 0.25) is 0 Å². The molecule has 0 fully saturated rings. The molecule has 0 spiro atoms. The highest BCUT2D eigenvalue weighted by atomic mass is 32.1. The topological polar surface area (TPSA) is 26.3 Å². The lowest BCUT2D eigenvalue weighted by atomic mass is 9.87. The molecule has 52 heavy (non-hydrogen) atoms. The molecule has 0 aliphatic rings. The zero-order valence-corrected chi connectivity index (χ0v) is 34.8. The molecular weight excluding hydrogens is 673 g/mol. The van der Waals surface area contributed by atoms with E-state index in [2.05, 4.69) is 161 Å². The van der Waals surface area contributed by atoms with Crippen LogP contribution in [0.15, 0.2) is 129 Å². The van der Waals surface area contributed by atoms with Crippen molar-refractivity contribution in [3.63, 3.8) is 0 Å². The Balaban J connectivity index is 0.000000134. The molecule has 4 aromatic carbocycles. The summed E-state index contributed by atoms with van der Waals surface area (Å²) in [6.07, 6.45) is 3.70. The second kappa shape index (κ2) is 15.5. The molecular formula is C48H56O2S2. The molecule has 0 atom stereocenters. The van der Waals surface area contributed by atoms with E-state index in [1.54, 1.807) is 0 Å². The van der Waals surface area contributed by atoms with Crippen molar-refractivity contribution in [1.29, 1.82) is 0 Å². The molecule has 4 aromatic heterocycles. The minimum atomic E-state index is 0.0864. The van der Waals surface area contributed by atoms with Crippen molar-refractivity contribution in [2.75, 3.05) is 0 Å². The van der Waals surface area contributed by atoms with Crippen LogP contribution in [-0.4, -0.2) is 0 Å². The number of hydrogen-bond donors (Lipinski definition) is 0. The van der Waals surface area contributed by atoms with Crippen molar-refractivity contribution < 1.29 is 8.83 Å². The largest absolute Gasteiger partial charge is 0.468 e. The predicted molar refractivity (Wildman–Crippen MR) is 231 cm³/mol. The van der Waals surface area contributed by atoms with E-state index in [4.69, 9.17) is 8.83 Å². The van der Waals surface area contributed by atoms with Gasteiger partial charge >= 0.3 is 0 Å². The van der Waals surface area contributed by atoms with E-state index in [-0.39, 0.29) is 21.7 Å². The Morgan fingerprint density at radius 3 is 1.56 bits per heavy atom. The predicted octanol–water partition coefficient (Wildman–Crippen LogP) is 15.9.